The first-order valence-corrected chi connectivity index (χ1v) is 11.9. The number of nitrogens with zero attached hydrogens (tertiary/aromatic N) is 1. The summed E-state index contributed by atoms with van der Waals surface area (Å²) in [5.74, 6) is 1.44. The average Bonchev–Trinajstić information content (AvgIpc) is 2.89. The van der Waals surface area contributed by atoms with Crippen molar-refractivity contribution in [3.63, 3.8) is 0 Å². The molecule has 2 N–H and O–H groups in total. The first-order chi connectivity index (χ1) is 17.1. The number of ether oxygens (including phenoxy) is 2. The zero-order valence-corrected chi connectivity index (χ0v) is 20.1. The number of fused-ring (bicyclic) bond motifs is 2. The molecule has 0 spiro atoms. The summed E-state index contributed by atoms with van der Waals surface area (Å²) in [5.41, 5.74) is 6.89. The van der Waals surface area contributed by atoms with Gasteiger partial charge in [0.15, 0.2) is 0 Å². The maximum Gasteiger partial charge on any atom is 0.228 e. The minimum atomic E-state index is -0.0808. The third kappa shape index (κ3) is 4.92. The van der Waals surface area contributed by atoms with E-state index in [0.717, 1.165) is 76.4 Å². The second kappa shape index (κ2) is 10.1. The van der Waals surface area contributed by atoms with E-state index in [9.17, 15) is 4.79 Å². The molecule has 1 aliphatic carbocycles. The number of amides is 1. The van der Waals surface area contributed by atoms with Gasteiger partial charge in [0, 0.05) is 16.8 Å². The van der Waals surface area contributed by atoms with Gasteiger partial charge in [0.25, 0.3) is 0 Å². The second-order valence-electron chi connectivity index (χ2n) is 8.75. The number of carbonyl (C=O) groups is 1. The lowest BCUT2D eigenvalue weighted by atomic mass is 9.92. The highest BCUT2D eigenvalue weighted by Gasteiger charge is 2.20. The van der Waals surface area contributed by atoms with Crippen molar-refractivity contribution in [1.82, 2.24) is 4.98 Å². The summed E-state index contributed by atoms with van der Waals surface area (Å²) in [5, 5.41) is 7.67. The molecular weight excluding hydrogens is 438 g/mol. The fourth-order valence-electron chi connectivity index (χ4n) is 4.70. The number of aromatic nitrogens is 1. The van der Waals surface area contributed by atoms with Crippen LogP contribution >= 0.6 is 0 Å². The van der Waals surface area contributed by atoms with Crippen LogP contribution in [0.1, 0.15) is 29.7 Å². The van der Waals surface area contributed by atoms with Gasteiger partial charge < -0.3 is 20.1 Å². The van der Waals surface area contributed by atoms with Gasteiger partial charge in [-0.3, -0.25) is 9.78 Å². The van der Waals surface area contributed by atoms with Gasteiger partial charge in [0.05, 0.1) is 37.5 Å². The molecule has 1 amide bonds. The van der Waals surface area contributed by atoms with Gasteiger partial charge in [-0.25, -0.2) is 0 Å². The van der Waals surface area contributed by atoms with E-state index in [2.05, 4.69) is 10.6 Å². The lowest BCUT2D eigenvalue weighted by Gasteiger charge is -2.23. The summed E-state index contributed by atoms with van der Waals surface area (Å²) in [7, 11) is 3.30. The molecule has 0 fully saturated rings. The fraction of sp³-hybridized carbons (Fsp3) is 0.241. The minimum absolute atomic E-state index is 0.0808. The van der Waals surface area contributed by atoms with Crippen LogP contribution < -0.4 is 20.1 Å². The van der Waals surface area contributed by atoms with E-state index in [1.54, 1.807) is 14.2 Å². The molecule has 35 heavy (non-hydrogen) atoms. The van der Waals surface area contributed by atoms with Gasteiger partial charge >= 0.3 is 0 Å². The lowest BCUT2D eigenvalue weighted by molar-refractivity contribution is -0.115. The standard InChI is InChI=1S/C29H29N3O3/c1-34-21-9-7-8-19(16-21)17-28(33)30-20-14-15-25-23(18-20)29(22-10-3-4-11-24(22)31-25)32-26-12-5-6-13-27(26)35-2/h5-9,12-16,18H,3-4,10-11,17H2,1-2H3,(H,30,33)(H,31,32). The summed E-state index contributed by atoms with van der Waals surface area (Å²) in [6, 6.07) is 21.4. The Morgan fingerprint density at radius 1 is 0.943 bits per heavy atom. The highest BCUT2D eigenvalue weighted by Crippen LogP contribution is 2.38. The highest BCUT2D eigenvalue weighted by atomic mass is 16.5. The molecule has 6 heteroatoms. The third-order valence-electron chi connectivity index (χ3n) is 6.41. The summed E-state index contributed by atoms with van der Waals surface area (Å²) in [6.07, 6.45) is 4.51. The van der Waals surface area contributed by atoms with Crippen LogP contribution in [0.2, 0.25) is 0 Å². The Morgan fingerprint density at radius 3 is 2.66 bits per heavy atom. The molecule has 178 valence electrons. The number of carbonyl (C=O) groups excluding carboxylic acids is 1. The van der Waals surface area contributed by atoms with E-state index < -0.39 is 0 Å². The summed E-state index contributed by atoms with van der Waals surface area (Å²) < 4.78 is 10.9. The molecule has 0 radical (unpaired) electrons. The number of methoxy groups -OCH3 is 2. The minimum Gasteiger partial charge on any atom is -0.497 e. The zero-order valence-electron chi connectivity index (χ0n) is 20.1. The van der Waals surface area contributed by atoms with Crippen molar-refractivity contribution in [2.24, 2.45) is 0 Å². The van der Waals surface area contributed by atoms with E-state index in [-0.39, 0.29) is 12.3 Å². The summed E-state index contributed by atoms with van der Waals surface area (Å²) in [6.45, 7) is 0. The predicted molar refractivity (Wildman–Crippen MR) is 140 cm³/mol. The molecule has 6 nitrogen and oxygen atoms in total. The molecule has 0 aliphatic heterocycles. The van der Waals surface area contributed by atoms with Gasteiger partial charge in [0.1, 0.15) is 11.5 Å². The molecule has 0 saturated carbocycles. The third-order valence-corrected chi connectivity index (χ3v) is 6.41. The van der Waals surface area contributed by atoms with E-state index in [1.165, 1.54) is 5.56 Å². The molecule has 0 unspecified atom stereocenters. The molecule has 4 aromatic rings. The summed E-state index contributed by atoms with van der Waals surface area (Å²) in [4.78, 5) is 17.8. The molecule has 1 aliphatic rings. The van der Waals surface area contributed by atoms with Crippen molar-refractivity contribution in [3.8, 4) is 11.5 Å². The average molecular weight is 468 g/mol. The van der Waals surface area contributed by atoms with Crippen LogP contribution in [0.15, 0.2) is 66.7 Å². The molecule has 0 bridgehead atoms. The number of pyridine rings is 1. The normalized spacial score (nSPS) is 12.6. The van der Waals surface area contributed by atoms with E-state index in [4.69, 9.17) is 14.5 Å². The molecule has 1 heterocycles. The molecule has 0 atom stereocenters. The van der Waals surface area contributed by atoms with Crippen LogP contribution in [-0.4, -0.2) is 25.1 Å². The number of hydrogen-bond donors (Lipinski definition) is 2. The molecule has 3 aromatic carbocycles. The Morgan fingerprint density at radius 2 is 1.80 bits per heavy atom. The number of hydrogen-bond acceptors (Lipinski definition) is 5. The van der Waals surface area contributed by atoms with Crippen LogP contribution in [-0.2, 0) is 24.1 Å². The quantitative estimate of drug-likeness (QED) is 0.346. The van der Waals surface area contributed by atoms with E-state index in [0.29, 0.717) is 0 Å². The maximum absolute atomic E-state index is 12.8. The monoisotopic (exact) mass is 467 g/mol. The number of benzene rings is 3. The van der Waals surface area contributed by atoms with E-state index >= 15 is 0 Å². The molecule has 5 rings (SSSR count). The maximum atomic E-state index is 12.8. The fourth-order valence-corrected chi connectivity index (χ4v) is 4.70. The first-order valence-electron chi connectivity index (χ1n) is 11.9. The Balaban J connectivity index is 1.49. The smallest absolute Gasteiger partial charge is 0.228 e. The summed E-state index contributed by atoms with van der Waals surface area (Å²) >= 11 is 0. The van der Waals surface area contributed by atoms with Gasteiger partial charge in [-0.1, -0.05) is 24.3 Å². The largest absolute Gasteiger partial charge is 0.497 e. The Hall–Kier alpha value is -4.06. The first kappa shape index (κ1) is 22.7. The van der Waals surface area contributed by atoms with Crippen LogP contribution in [0, 0.1) is 0 Å². The number of rotatable bonds is 7. The second-order valence-corrected chi connectivity index (χ2v) is 8.75. The van der Waals surface area contributed by atoms with Crippen molar-refractivity contribution in [1.29, 1.82) is 0 Å². The Bertz CT molecular complexity index is 1380. The van der Waals surface area contributed by atoms with Crippen molar-refractivity contribution in [2.75, 3.05) is 24.9 Å². The van der Waals surface area contributed by atoms with Crippen molar-refractivity contribution in [3.05, 3.63) is 83.6 Å². The SMILES string of the molecule is COc1cccc(CC(=O)Nc2ccc3nc4c(c(Nc5ccccc5OC)c3c2)CCCC4)c1. The van der Waals surface area contributed by atoms with Crippen LogP contribution in [0.25, 0.3) is 10.9 Å². The van der Waals surface area contributed by atoms with Gasteiger partial charge in [0.2, 0.25) is 5.91 Å². The number of para-hydroxylation sites is 2. The lowest BCUT2D eigenvalue weighted by Crippen LogP contribution is -2.15. The van der Waals surface area contributed by atoms with Crippen molar-refractivity contribution in [2.45, 2.75) is 32.1 Å². The molecule has 0 saturated heterocycles. The number of nitrogens with one attached hydrogen (secondary N) is 2. The van der Waals surface area contributed by atoms with Crippen LogP contribution in [0.5, 0.6) is 11.5 Å². The van der Waals surface area contributed by atoms with E-state index in [1.807, 2.05) is 66.7 Å². The molecular formula is C29H29N3O3. The van der Waals surface area contributed by atoms with Gasteiger partial charge in [-0.05, 0) is 79.3 Å². The predicted octanol–water partition coefficient (Wildman–Crippen LogP) is 6.06. The number of anilines is 3. The topological polar surface area (TPSA) is 72.5 Å². The Kier molecular flexibility index (Phi) is 6.53. The van der Waals surface area contributed by atoms with Crippen molar-refractivity contribution >= 4 is 33.9 Å². The Labute approximate surface area is 205 Å². The van der Waals surface area contributed by atoms with Gasteiger partial charge in [-0.2, -0.15) is 0 Å². The van der Waals surface area contributed by atoms with Crippen molar-refractivity contribution < 1.29 is 14.3 Å². The highest BCUT2D eigenvalue weighted by molar-refractivity contribution is 6.00. The van der Waals surface area contributed by atoms with Gasteiger partial charge in [-0.15, -0.1) is 0 Å². The van der Waals surface area contributed by atoms with Crippen LogP contribution in [0.4, 0.5) is 17.1 Å². The van der Waals surface area contributed by atoms with Crippen LogP contribution in [0.3, 0.4) is 0 Å². The zero-order chi connectivity index (χ0) is 24.2. The molecule has 1 aromatic heterocycles. The number of aryl methyl sites for hydroxylation is 1.